The zero-order chi connectivity index (χ0) is 20.4. The van der Waals surface area contributed by atoms with Gasteiger partial charge < -0.3 is 0 Å². The first-order chi connectivity index (χ1) is 14.0. The van der Waals surface area contributed by atoms with E-state index in [0.717, 1.165) is 20.4 Å². The van der Waals surface area contributed by atoms with E-state index in [1.165, 1.54) is 30.0 Å². The molecule has 0 aliphatic rings. The first-order valence-electron chi connectivity index (χ1n) is 8.55. The van der Waals surface area contributed by atoms with Gasteiger partial charge in [0, 0.05) is 20.6 Å². The number of rotatable bonds is 5. The minimum Gasteiger partial charge on any atom is -0.270 e. The van der Waals surface area contributed by atoms with Crippen LogP contribution < -0.4 is 0 Å². The fraction of sp³-hybridized carbons (Fsp3) is 0.0476. The highest BCUT2D eigenvalue weighted by molar-refractivity contribution is 14.1. The largest absolute Gasteiger partial charge is 0.270 e. The van der Waals surface area contributed by atoms with Crippen LogP contribution in [0.5, 0.6) is 0 Å². The Hall–Kier alpha value is -1.97. The molecule has 0 unspecified atom stereocenters. The molecule has 146 valence electrons. The van der Waals surface area contributed by atoms with Gasteiger partial charge in [-0.15, -0.1) is 10.2 Å². The summed E-state index contributed by atoms with van der Waals surface area (Å²) in [6.45, 7) is 0. The summed E-state index contributed by atoms with van der Waals surface area (Å²) in [5.41, 5.74) is 2.53. The first kappa shape index (κ1) is 20.3. The number of aromatic nitrogens is 3. The van der Waals surface area contributed by atoms with Crippen molar-refractivity contribution in [2.24, 2.45) is 0 Å². The highest BCUT2D eigenvalue weighted by Crippen LogP contribution is 2.31. The molecule has 0 N–H and O–H groups in total. The molecule has 3 nitrogen and oxygen atoms in total. The highest BCUT2D eigenvalue weighted by Gasteiger charge is 2.16. The van der Waals surface area contributed by atoms with E-state index in [1.54, 1.807) is 24.3 Å². The normalized spacial score (nSPS) is 11.0. The molecule has 0 saturated carbocycles. The lowest BCUT2D eigenvalue weighted by molar-refractivity contribution is 0.627. The van der Waals surface area contributed by atoms with Crippen molar-refractivity contribution in [3.05, 3.63) is 92.5 Å². The minimum absolute atomic E-state index is 0.0919. The van der Waals surface area contributed by atoms with E-state index < -0.39 is 5.82 Å². The van der Waals surface area contributed by atoms with Crippen LogP contribution in [0, 0.1) is 15.2 Å². The third kappa shape index (κ3) is 4.62. The standard InChI is InChI=1S/C21H13ClF2IN3S/c22-18-11-13(1-10-19(18)24)12-29-21-27-26-20(14-2-4-15(23)5-3-14)28(21)17-8-6-16(25)7-9-17/h1-11H,12H2. The average molecular weight is 540 g/mol. The monoisotopic (exact) mass is 539 g/mol. The van der Waals surface area contributed by atoms with E-state index in [1.807, 2.05) is 28.8 Å². The van der Waals surface area contributed by atoms with E-state index in [4.69, 9.17) is 11.6 Å². The molecular weight excluding hydrogens is 527 g/mol. The van der Waals surface area contributed by atoms with Gasteiger partial charge in [0.2, 0.25) is 0 Å². The van der Waals surface area contributed by atoms with E-state index in [2.05, 4.69) is 32.8 Å². The van der Waals surface area contributed by atoms with Crippen molar-refractivity contribution >= 4 is 46.0 Å². The maximum absolute atomic E-state index is 13.4. The summed E-state index contributed by atoms with van der Waals surface area (Å²) in [6.07, 6.45) is 0. The van der Waals surface area contributed by atoms with Crippen LogP contribution in [-0.4, -0.2) is 14.8 Å². The summed E-state index contributed by atoms with van der Waals surface area (Å²) in [5.74, 6) is 0.412. The van der Waals surface area contributed by atoms with Crippen LogP contribution in [0.15, 0.2) is 71.9 Å². The molecule has 0 atom stereocenters. The molecule has 4 rings (SSSR count). The third-order valence-corrected chi connectivity index (χ3v) is 6.18. The van der Waals surface area contributed by atoms with Gasteiger partial charge in [-0.05, 0) is 88.8 Å². The molecule has 8 heteroatoms. The van der Waals surface area contributed by atoms with Crippen molar-refractivity contribution in [3.63, 3.8) is 0 Å². The average Bonchev–Trinajstić information content (AvgIpc) is 3.14. The molecule has 29 heavy (non-hydrogen) atoms. The van der Waals surface area contributed by atoms with Gasteiger partial charge in [0.1, 0.15) is 11.6 Å². The molecule has 0 aliphatic heterocycles. The van der Waals surface area contributed by atoms with Crippen LogP contribution in [0.3, 0.4) is 0 Å². The van der Waals surface area contributed by atoms with E-state index in [9.17, 15) is 8.78 Å². The molecule has 0 amide bonds. The summed E-state index contributed by atoms with van der Waals surface area (Å²) in [4.78, 5) is 0. The summed E-state index contributed by atoms with van der Waals surface area (Å²) in [6, 6.07) is 18.8. The number of nitrogens with zero attached hydrogens (tertiary/aromatic N) is 3. The van der Waals surface area contributed by atoms with Gasteiger partial charge in [-0.1, -0.05) is 29.4 Å². The number of benzene rings is 3. The Morgan fingerprint density at radius 3 is 2.34 bits per heavy atom. The lowest BCUT2D eigenvalue weighted by Gasteiger charge is -2.11. The smallest absolute Gasteiger partial charge is 0.196 e. The lowest BCUT2D eigenvalue weighted by Crippen LogP contribution is -2.00. The fourth-order valence-corrected chi connectivity index (χ4v) is 4.21. The van der Waals surface area contributed by atoms with E-state index >= 15 is 0 Å². The van der Waals surface area contributed by atoms with Crippen molar-refractivity contribution < 1.29 is 8.78 Å². The minimum atomic E-state index is -0.443. The molecule has 0 bridgehead atoms. The molecule has 0 radical (unpaired) electrons. The molecule has 1 aromatic heterocycles. The van der Waals surface area contributed by atoms with Crippen LogP contribution in [0.25, 0.3) is 17.1 Å². The summed E-state index contributed by atoms with van der Waals surface area (Å²) in [5, 5.41) is 9.45. The Kier molecular flexibility index (Phi) is 6.17. The van der Waals surface area contributed by atoms with Crippen LogP contribution in [-0.2, 0) is 5.75 Å². The van der Waals surface area contributed by atoms with Crippen LogP contribution in [0.2, 0.25) is 5.02 Å². The Balaban J connectivity index is 1.72. The molecule has 4 aromatic rings. The topological polar surface area (TPSA) is 30.7 Å². The van der Waals surface area contributed by atoms with Gasteiger partial charge in [-0.2, -0.15) is 0 Å². The van der Waals surface area contributed by atoms with Gasteiger partial charge in [0.15, 0.2) is 11.0 Å². The molecular formula is C21H13ClF2IN3S. The van der Waals surface area contributed by atoms with Crippen molar-refractivity contribution in [2.75, 3.05) is 0 Å². The second kappa shape index (κ2) is 8.81. The Bertz CT molecular complexity index is 1150. The number of hydrogen-bond acceptors (Lipinski definition) is 3. The zero-order valence-corrected chi connectivity index (χ0v) is 18.5. The highest BCUT2D eigenvalue weighted by atomic mass is 127. The SMILES string of the molecule is Fc1ccc(-c2nnc(SCc3ccc(F)c(Cl)c3)n2-c2ccc(I)cc2)cc1. The van der Waals surface area contributed by atoms with Gasteiger partial charge in [-0.25, -0.2) is 8.78 Å². The van der Waals surface area contributed by atoms with Gasteiger partial charge >= 0.3 is 0 Å². The zero-order valence-electron chi connectivity index (χ0n) is 14.8. The molecule has 0 saturated heterocycles. The fourth-order valence-electron chi connectivity index (χ4n) is 2.75. The second-order valence-electron chi connectivity index (χ2n) is 6.16. The van der Waals surface area contributed by atoms with Gasteiger partial charge in [-0.3, -0.25) is 4.57 Å². The predicted octanol–water partition coefficient (Wildman–Crippen LogP) is 6.76. The molecule has 0 aliphatic carbocycles. The number of thioether (sulfide) groups is 1. The molecule has 0 spiro atoms. The second-order valence-corrected chi connectivity index (χ2v) is 8.76. The predicted molar refractivity (Wildman–Crippen MR) is 120 cm³/mol. The number of hydrogen-bond donors (Lipinski definition) is 0. The summed E-state index contributed by atoms with van der Waals surface area (Å²) in [7, 11) is 0. The van der Waals surface area contributed by atoms with E-state index in [-0.39, 0.29) is 10.8 Å². The Morgan fingerprint density at radius 2 is 1.66 bits per heavy atom. The summed E-state index contributed by atoms with van der Waals surface area (Å²) < 4.78 is 29.8. The van der Waals surface area contributed by atoms with Crippen molar-refractivity contribution in [1.29, 1.82) is 0 Å². The third-order valence-electron chi connectivity index (χ3n) is 4.17. The molecule has 3 aromatic carbocycles. The molecule has 1 heterocycles. The van der Waals surface area contributed by atoms with E-state index in [0.29, 0.717) is 16.7 Å². The quantitative estimate of drug-likeness (QED) is 0.207. The maximum atomic E-state index is 13.4. The number of halogens is 4. The first-order valence-corrected chi connectivity index (χ1v) is 11.0. The van der Waals surface area contributed by atoms with Crippen LogP contribution in [0.1, 0.15) is 5.56 Å². The van der Waals surface area contributed by atoms with Crippen LogP contribution >= 0.6 is 46.0 Å². The molecule has 0 fully saturated rings. The van der Waals surface area contributed by atoms with Gasteiger partial charge in [0.25, 0.3) is 0 Å². The van der Waals surface area contributed by atoms with Crippen molar-refractivity contribution in [1.82, 2.24) is 14.8 Å². The summed E-state index contributed by atoms with van der Waals surface area (Å²) >= 11 is 9.60. The van der Waals surface area contributed by atoms with Gasteiger partial charge in [0.05, 0.1) is 5.02 Å². The van der Waals surface area contributed by atoms with Crippen LogP contribution in [0.4, 0.5) is 8.78 Å². The van der Waals surface area contributed by atoms with Crippen molar-refractivity contribution in [2.45, 2.75) is 10.9 Å². The Morgan fingerprint density at radius 1 is 0.931 bits per heavy atom. The lowest BCUT2D eigenvalue weighted by atomic mass is 10.2. The Labute approximate surface area is 189 Å². The maximum Gasteiger partial charge on any atom is 0.196 e. The van der Waals surface area contributed by atoms with Crippen molar-refractivity contribution in [3.8, 4) is 17.1 Å².